The van der Waals surface area contributed by atoms with Crippen molar-refractivity contribution in [1.29, 1.82) is 0 Å². The highest BCUT2D eigenvalue weighted by atomic mass is 32.1. The first kappa shape index (κ1) is 21.0. The van der Waals surface area contributed by atoms with E-state index in [4.69, 9.17) is 0 Å². The van der Waals surface area contributed by atoms with Gasteiger partial charge in [0.1, 0.15) is 0 Å². The molecule has 0 bridgehead atoms. The maximum absolute atomic E-state index is 2.43. The Kier molecular flexibility index (Phi) is 4.05. The Morgan fingerprint density at radius 3 is 1.24 bits per heavy atom. The predicted octanol–water partition coefficient (Wildman–Crippen LogP) is 11.7. The zero-order valence-corrected chi connectivity index (χ0v) is 22.7. The molecule has 0 atom stereocenters. The molecule has 0 N–H and O–H groups in total. The highest BCUT2D eigenvalue weighted by Crippen LogP contribution is 2.44. The van der Waals surface area contributed by atoms with Gasteiger partial charge in [0, 0.05) is 51.1 Å². The average molecular weight is 519 g/mol. The molecule has 0 spiro atoms. The summed E-state index contributed by atoms with van der Waals surface area (Å²) >= 11 is 3.87. The minimum Gasteiger partial charge on any atom is -0.135 e. The molecule has 7 aromatic carbocycles. The van der Waals surface area contributed by atoms with E-state index < -0.39 is 0 Å². The molecule has 0 fully saturated rings. The highest BCUT2D eigenvalue weighted by molar-refractivity contribution is 7.27. The number of benzene rings is 7. The molecule has 0 radical (unpaired) electrons. The van der Waals surface area contributed by atoms with Gasteiger partial charge in [-0.15, -0.1) is 22.7 Å². The van der Waals surface area contributed by atoms with Crippen LogP contribution >= 0.6 is 22.7 Å². The minimum atomic E-state index is 1.31. The molecule has 0 unspecified atom stereocenters. The fourth-order valence-electron chi connectivity index (χ4n) is 6.34. The van der Waals surface area contributed by atoms with Gasteiger partial charge in [-0.25, -0.2) is 0 Å². The first-order valence-electron chi connectivity index (χ1n) is 13.1. The Bertz CT molecular complexity index is 2290. The van der Waals surface area contributed by atoms with Gasteiger partial charge >= 0.3 is 0 Å². The lowest BCUT2D eigenvalue weighted by Gasteiger charge is -2.05. The summed E-state index contributed by atoms with van der Waals surface area (Å²) in [5, 5.41) is 16.1. The molecule has 2 heterocycles. The van der Waals surface area contributed by atoms with Gasteiger partial charge in [0.25, 0.3) is 0 Å². The number of fused-ring (bicyclic) bond motifs is 12. The summed E-state index contributed by atoms with van der Waals surface area (Å²) in [5.41, 5.74) is 2.62. The number of hydrogen-bond acceptors (Lipinski definition) is 2. The van der Waals surface area contributed by atoms with Crippen LogP contribution < -0.4 is 0 Å². The number of hydrogen-bond donors (Lipinski definition) is 0. The Morgan fingerprint density at radius 2 is 0.763 bits per heavy atom. The summed E-state index contributed by atoms with van der Waals surface area (Å²) in [4.78, 5) is 0. The van der Waals surface area contributed by atoms with E-state index in [9.17, 15) is 0 Å². The number of aryl methyl sites for hydroxylation is 2. The highest BCUT2D eigenvalue weighted by Gasteiger charge is 2.14. The normalized spacial score (nSPS) is 12.5. The minimum absolute atomic E-state index is 1.31. The SMILES string of the molecule is Cc1ccc2cc3c(cc2c1)sc1c2cc4ccc5c6cc7ccc(C)cc7cc6sc5c4cc2ccc31. The lowest BCUT2D eigenvalue weighted by Crippen LogP contribution is -1.79. The molecule has 2 heteroatoms. The average Bonchev–Trinajstić information content (AvgIpc) is 3.47. The fraction of sp³-hybridized carbons (Fsp3) is 0.0556. The summed E-state index contributed by atoms with van der Waals surface area (Å²) in [6.07, 6.45) is 0. The molecule has 0 aliphatic rings. The van der Waals surface area contributed by atoms with Crippen molar-refractivity contribution in [2.24, 2.45) is 0 Å². The van der Waals surface area contributed by atoms with Gasteiger partial charge < -0.3 is 0 Å². The van der Waals surface area contributed by atoms with Gasteiger partial charge in [-0.1, -0.05) is 71.8 Å². The van der Waals surface area contributed by atoms with Crippen molar-refractivity contribution in [2.75, 3.05) is 0 Å². The van der Waals surface area contributed by atoms with Gasteiger partial charge in [-0.05, 0) is 82.6 Å². The Labute approximate surface area is 227 Å². The molecular weight excluding hydrogens is 497 g/mol. The summed E-state index contributed by atoms with van der Waals surface area (Å²) in [6, 6.07) is 37.2. The van der Waals surface area contributed by atoms with E-state index in [0.717, 1.165) is 0 Å². The maximum atomic E-state index is 2.43. The third kappa shape index (κ3) is 2.85. The summed E-state index contributed by atoms with van der Waals surface area (Å²) in [6.45, 7) is 4.34. The lowest BCUT2D eigenvalue weighted by atomic mass is 9.98. The summed E-state index contributed by atoms with van der Waals surface area (Å²) < 4.78 is 5.52. The van der Waals surface area contributed by atoms with Crippen LogP contribution in [0.25, 0.3) is 83.4 Å². The van der Waals surface area contributed by atoms with Crippen molar-refractivity contribution in [2.45, 2.75) is 13.8 Å². The van der Waals surface area contributed by atoms with E-state index in [1.165, 1.54) is 94.6 Å². The molecule has 178 valence electrons. The lowest BCUT2D eigenvalue weighted by molar-refractivity contribution is 1.51. The van der Waals surface area contributed by atoms with Crippen molar-refractivity contribution < 1.29 is 0 Å². The van der Waals surface area contributed by atoms with Gasteiger partial charge in [0.2, 0.25) is 0 Å². The standard InChI is InChI=1S/C36H22S2/c1-19-3-5-21-13-31-27-9-7-23-16-30-24(15-29(23)35(27)37-33(31)17-25(21)11-19)8-10-28-32-14-22-6-4-20(2)12-26(22)18-34(32)38-36(28)30/h3-18H,1-2H3. The molecule has 0 saturated carbocycles. The van der Waals surface area contributed by atoms with Gasteiger partial charge in [-0.2, -0.15) is 0 Å². The van der Waals surface area contributed by atoms with Crippen LogP contribution in [0.1, 0.15) is 11.1 Å². The quantitative estimate of drug-likeness (QED) is 0.175. The van der Waals surface area contributed by atoms with Crippen molar-refractivity contribution in [3.63, 3.8) is 0 Å². The van der Waals surface area contributed by atoms with E-state index in [1.54, 1.807) is 0 Å². The third-order valence-corrected chi connectivity index (χ3v) is 10.7. The maximum Gasteiger partial charge on any atom is 0.0434 e. The zero-order valence-electron chi connectivity index (χ0n) is 21.1. The molecule has 38 heavy (non-hydrogen) atoms. The summed E-state index contributed by atoms with van der Waals surface area (Å²) in [7, 11) is 0. The van der Waals surface area contributed by atoms with Crippen LogP contribution in [-0.4, -0.2) is 0 Å². The molecule has 9 aromatic rings. The van der Waals surface area contributed by atoms with Crippen LogP contribution in [0, 0.1) is 13.8 Å². The second-order valence-electron chi connectivity index (χ2n) is 10.8. The second kappa shape index (κ2) is 7.32. The Morgan fingerprint density at radius 1 is 0.342 bits per heavy atom. The van der Waals surface area contributed by atoms with E-state index in [2.05, 4.69) is 111 Å². The number of thiophene rings is 2. The molecule has 0 nitrogen and oxygen atoms in total. The fourth-order valence-corrected chi connectivity index (χ4v) is 8.86. The van der Waals surface area contributed by atoms with Gasteiger partial charge in [-0.3, -0.25) is 0 Å². The van der Waals surface area contributed by atoms with Crippen LogP contribution in [0.4, 0.5) is 0 Å². The van der Waals surface area contributed by atoms with Gasteiger partial charge in [0.15, 0.2) is 0 Å². The molecule has 0 saturated heterocycles. The third-order valence-electron chi connectivity index (χ3n) is 8.25. The monoisotopic (exact) mass is 518 g/mol. The van der Waals surface area contributed by atoms with Crippen LogP contribution in [0.3, 0.4) is 0 Å². The molecule has 9 rings (SSSR count). The molecule has 2 aromatic heterocycles. The van der Waals surface area contributed by atoms with Crippen LogP contribution in [0.15, 0.2) is 97.1 Å². The molecule has 0 aliphatic heterocycles. The van der Waals surface area contributed by atoms with Crippen molar-refractivity contribution in [1.82, 2.24) is 0 Å². The van der Waals surface area contributed by atoms with E-state index >= 15 is 0 Å². The van der Waals surface area contributed by atoms with Crippen LogP contribution in [-0.2, 0) is 0 Å². The predicted molar refractivity (Wildman–Crippen MR) is 172 cm³/mol. The molecule has 0 amide bonds. The van der Waals surface area contributed by atoms with Crippen molar-refractivity contribution >= 4 is 106 Å². The smallest absolute Gasteiger partial charge is 0.0434 e. The van der Waals surface area contributed by atoms with E-state index in [0.29, 0.717) is 0 Å². The van der Waals surface area contributed by atoms with E-state index in [1.807, 2.05) is 22.7 Å². The first-order chi connectivity index (χ1) is 18.6. The van der Waals surface area contributed by atoms with E-state index in [-0.39, 0.29) is 0 Å². The van der Waals surface area contributed by atoms with Crippen molar-refractivity contribution in [3.05, 3.63) is 108 Å². The topological polar surface area (TPSA) is 0 Å². The summed E-state index contributed by atoms with van der Waals surface area (Å²) in [5.74, 6) is 0. The molecule has 0 aliphatic carbocycles. The second-order valence-corrected chi connectivity index (χ2v) is 12.9. The van der Waals surface area contributed by atoms with Crippen molar-refractivity contribution in [3.8, 4) is 0 Å². The van der Waals surface area contributed by atoms with Gasteiger partial charge in [0.05, 0.1) is 0 Å². The molecular formula is C36H22S2. The van der Waals surface area contributed by atoms with Crippen LogP contribution in [0.2, 0.25) is 0 Å². The largest absolute Gasteiger partial charge is 0.135 e. The zero-order chi connectivity index (χ0) is 25.1. The first-order valence-corrected chi connectivity index (χ1v) is 14.7. The Balaban J connectivity index is 1.34. The number of rotatable bonds is 0. The van der Waals surface area contributed by atoms with Crippen LogP contribution in [0.5, 0.6) is 0 Å². The Hall–Kier alpha value is -3.98.